The highest BCUT2D eigenvalue weighted by Gasteiger charge is 2.15. The number of ether oxygens (including phenoxy) is 1. The van der Waals surface area contributed by atoms with Crippen LogP contribution in [-0.2, 0) is 0 Å². The lowest BCUT2D eigenvalue weighted by Gasteiger charge is -2.22. The normalized spacial score (nSPS) is 12.8. The van der Waals surface area contributed by atoms with Gasteiger partial charge in [-0.1, -0.05) is 42.8 Å². The van der Waals surface area contributed by atoms with Crippen LogP contribution in [0.15, 0.2) is 22.7 Å². The number of hydrogen-bond donors (Lipinski definition) is 1. The summed E-state index contributed by atoms with van der Waals surface area (Å²) in [5, 5.41) is 3.55. The third-order valence-electron chi connectivity index (χ3n) is 2.82. The molecule has 1 N–H and O–H groups in total. The summed E-state index contributed by atoms with van der Waals surface area (Å²) in [6.07, 6.45) is 1.14. The second kappa shape index (κ2) is 7.80. The van der Waals surface area contributed by atoms with E-state index in [1.54, 1.807) is 0 Å². The fraction of sp³-hybridized carbons (Fsp3) is 0.600. The molecule has 1 aromatic rings. The zero-order chi connectivity index (χ0) is 13.5. The van der Waals surface area contributed by atoms with Crippen LogP contribution in [0.1, 0.15) is 45.7 Å². The average molecular weight is 314 g/mol. The highest BCUT2D eigenvalue weighted by Crippen LogP contribution is 2.31. The molecule has 0 spiro atoms. The van der Waals surface area contributed by atoms with Gasteiger partial charge >= 0.3 is 0 Å². The van der Waals surface area contributed by atoms with Crippen molar-refractivity contribution in [3.05, 3.63) is 28.2 Å². The Kier molecular flexibility index (Phi) is 6.72. The molecule has 3 heteroatoms. The maximum absolute atomic E-state index is 5.51. The molecule has 0 bridgehead atoms. The monoisotopic (exact) mass is 313 g/mol. The fourth-order valence-electron chi connectivity index (χ4n) is 2.08. The zero-order valence-corrected chi connectivity index (χ0v) is 13.4. The van der Waals surface area contributed by atoms with Crippen molar-refractivity contribution in [2.24, 2.45) is 5.92 Å². The Morgan fingerprint density at radius 1 is 1.28 bits per heavy atom. The van der Waals surface area contributed by atoms with Gasteiger partial charge in [0.1, 0.15) is 5.75 Å². The predicted molar refractivity (Wildman–Crippen MR) is 81.2 cm³/mol. The van der Waals surface area contributed by atoms with Gasteiger partial charge in [0.15, 0.2) is 0 Å². The van der Waals surface area contributed by atoms with Crippen LogP contribution in [0.2, 0.25) is 0 Å². The van der Waals surface area contributed by atoms with Crippen molar-refractivity contribution in [2.75, 3.05) is 13.2 Å². The molecule has 18 heavy (non-hydrogen) atoms. The van der Waals surface area contributed by atoms with Gasteiger partial charge < -0.3 is 10.1 Å². The van der Waals surface area contributed by atoms with Gasteiger partial charge in [-0.3, -0.25) is 0 Å². The molecular weight excluding hydrogens is 290 g/mol. The van der Waals surface area contributed by atoms with Gasteiger partial charge in [0.25, 0.3) is 0 Å². The first-order valence-corrected chi connectivity index (χ1v) is 7.53. The minimum Gasteiger partial charge on any atom is -0.494 e. The minimum atomic E-state index is 0.403. The molecule has 0 saturated carbocycles. The summed E-state index contributed by atoms with van der Waals surface area (Å²) in [7, 11) is 0. The van der Waals surface area contributed by atoms with Crippen molar-refractivity contribution in [1.82, 2.24) is 5.32 Å². The van der Waals surface area contributed by atoms with Gasteiger partial charge in [-0.15, -0.1) is 0 Å². The molecule has 0 radical (unpaired) electrons. The van der Waals surface area contributed by atoms with E-state index in [1.807, 2.05) is 13.0 Å². The maximum atomic E-state index is 5.51. The molecule has 2 nitrogen and oxygen atoms in total. The molecule has 1 rings (SSSR count). The summed E-state index contributed by atoms with van der Waals surface area (Å²) in [4.78, 5) is 0. The minimum absolute atomic E-state index is 0.403. The summed E-state index contributed by atoms with van der Waals surface area (Å²) in [6, 6.07) is 6.67. The first kappa shape index (κ1) is 15.5. The molecule has 1 atom stereocenters. The summed E-state index contributed by atoms with van der Waals surface area (Å²) >= 11 is 3.66. The van der Waals surface area contributed by atoms with E-state index in [2.05, 4.69) is 54.2 Å². The van der Waals surface area contributed by atoms with Crippen LogP contribution < -0.4 is 10.1 Å². The van der Waals surface area contributed by atoms with Crippen molar-refractivity contribution in [1.29, 1.82) is 0 Å². The number of benzene rings is 1. The number of rotatable bonds is 7. The second-order valence-corrected chi connectivity index (χ2v) is 5.71. The Hall–Kier alpha value is -0.540. The Balaban J connectivity index is 2.90. The molecular formula is C15H24BrNO. The lowest BCUT2D eigenvalue weighted by Crippen LogP contribution is -2.22. The lowest BCUT2D eigenvalue weighted by molar-refractivity contribution is 0.339. The van der Waals surface area contributed by atoms with Crippen LogP contribution in [0.4, 0.5) is 0 Å². The van der Waals surface area contributed by atoms with Gasteiger partial charge in [-0.05, 0) is 43.5 Å². The number of hydrogen-bond acceptors (Lipinski definition) is 2. The summed E-state index contributed by atoms with van der Waals surface area (Å²) in [5.41, 5.74) is 1.31. The lowest BCUT2D eigenvalue weighted by atomic mass is 9.97. The molecule has 1 aromatic carbocycles. The Morgan fingerprint density at radius 2 is 2.00 bits per heavy atom. The van der Waals surface area contributed by atoms with Crippen molar-refractivity contribution >= 4 is 15.9 Å². The molecule has 0 amide bonds. The summed E-state index contributed by atoms with van der Waals surface area (Å²) in [6.45, 7) is 10.4. The van der Waals surface area contributed by atoms with E-state index in [1.165, 1.54) is 5.56 Å². The molecule has 0 aliphatic rings. The van der Waals surface area contributed by atoms with E-state index in [0.717, 1.165) is 23.2 Å². The van der Waals surface area contributed by atoms with Gasteiger partial charge in [0, 0.05) is 10.5 Å². The zero-order valence-electron chi connectivity index (χ0n) is 11.8. The second-order valence-electron chi connectivity index (χ2n) is 4.86. The van der Waals surface area contributed by atoms with E-state index in [4.69, 9.17) is 4.74 Å². The van der Waals surface area contributed by atoms with Crippen LogP contribution in [0.5, 0.6) is 5.75 Å². The van der Waals surface area contributed by atoms with E-state index in [9.17, 15) is 0 Å². The van der Waals surface area contributed by atoms with Crippen LogP contribution in [0.3, 0.4) is 0 Å². The molecule has 0 saturated heterocycles. The van der Waals surface area contributed by atoms with E-state index >= 15 is 0 Å². The molecule has 0 aromatic heterocycles. The van der Waals surface area contributed by atoms with Crippen LogP contribution in [0, 0.1) is 5.92 Å². The first-order valence-electron chi connectivity index (χ1n) is 6.74. The standard InChI is InChI=1S/C15H24BrNO/c1-5-17-15(9-11(3)4)13-8-7-12(18-6-2)10-14(13)16/h7-8,10-11,15,17H,5-6,9H2,1-4H3. The van der Waals surface area contributed by atoms with Gasteiger partial charge in [0.05, 0.1) is 6.61 Å². The highest BCUT2D eigenvalue weighted by atomic mass is 79.9. The van der Waals surface area contributed by atoms with Crippen LogP contribution in [-0.4, -0.2) is 13.2 Å². The van der Waals surface area contributed by atoms with Gasteiger partial charge in [-0.25, -0.2) is 0 Å². The Bertz CT molecular complexity index is 366. The van der Waals surface area contributed by atoms with Crippen molar-refractivity contribution in [2.45, 2.75) is 40.2 Å². The van der Waals surface area contributed by atoms with Crippen LogP contribution in [0.25, 0.3) is 0 Å². The average Bonchev–Trinajstić information content (AvgIpc) is 2.28. The topological polar surface area (TPSA) is 21.3 Å². The predicted octanol–water partition coefficient (Wildman–Crippen LogP) is 4.54. The molecule has 0 fully saturated rings. The quantitative estimate of drug-likeness (QED) is 0.797. The third kappa shape index (κ3) is 4.62. The molecule has 1 unspecified atom stereocenters. The van der Waals surface area contributed by atoms with Crippen molar-refractivity contribution in [3.63, 3.8) is 0 Å². The maximum Gasteiger partial charge on any atom is 0.120 e. The van der Waals surface area contributed by atoms with Crippen molar-refractivity contribution < 1.29 is 4.74 Å². The molecule has 0 heterocycles. The highest BCUT2D eigenvalue weighted by molar-refractivity contribution is 9.10. The molecule has 0 aliphatic heterocycles. The number of halogens is 1. The van der Waals surface area contributed by atoms with E-state index in [-0.39, 0.29) is 0 Å². The van der Waals surface area contributed by atoms with Crippen LogP contribution >= 0.6 is 15.9 Å². The molecule has 102 valence electrons. The Morgan fingerprint density at radius 3 is 2.50 bits per heavy atom. The SMILES string of the molecule is CCNC(CC(C)C)c1ccc(OCC)cc1Br. The molecule has 0 aliphatic carbocycles. The first-order chi connectivity index (χ1) is 8.58. The summed E-state index contributed by atoms with van der Waals surface area (Å²) in [5.74, 6) is 1.60. The van der Waals surface area contributed by atoms with E-state index < -0.39 is 0 Å². The Labute approximate surface area is 119 Å². The third-order valence-corrected chi connectivity index (χ3v) is 3.50. The van der Waals surface area contributed by atoms with Crippen molar-refractivity contribution in [3.8, 4) is 5.75 Å². The smallest absolute Gasteiger partial charge is 0.120 e. The summed E-state index contributed by atoms with van der Waals surface area (Å²) < 4.78 is 6.64. The van der Waals surface area contributed by atoms with Gasteiger partial charge in [0.2, 0.25) is 0 Å². The largest absolute Gasteiger partial charge is 0.494 e. The van der Waals surface area contributed by atoms with E-state index in [0.29, 0.717) is 18.6 Å². The van der Waals surface area contributed by atoms with Gasteiger partial charge in [-0.2, -0.15) is 0 Å². The fourth-order valence-corrected chi connectivity index (χ4v) is 2.72. The number of nitrogens with one attached hydrogen (secondary N) is 1.